The van der Waals surface area contributed by atoms with Gasteiger partial charge in [0.2, 0.25) is 10.0 Å². The Labute approximate surface area is 138 Å². The molecule has 0 spiro atoms. The molecule has 2 N–H and O–H groups in total. The Morgan fingerprint density at radius 1 is 1.13 bits per heavy atom. The zero-order valence-electron chi connectivity index (χ0n) is 13.9. The average Bonchev–Trinajstić information content (AvgIpc) is 2.88. The third-order valence-electron chi connectivity index (χ3n) is 4.98. The van der Waals surface area contributed by atoms with Crippen LogP contribution in [-0.4, -0.2) is 45.8 Å². The van der Waals surface area contributed by atoms with Gasteiger partial charge in [-0.2, -0.15) is 4.83 Å². The summed E-state index contributed by atoms with van der Waals surface area (Å²) in [5, 5.41) is 0. The van der Waals surface area contributed by atoms with Crippen LogP contribution in [0.15, 0.2) is 36.4 Å². The first kappa shape index (κ1) is 16.6. The topological polar surface area (TPSA) is 61.4 Å². The summed E-state index contributed by atoms with van der Waals surface area (Å²) >= 11 is 0. The number of hydrogen-bond acceptors (Lipinski definition) is 4. The maximum Gasteiger partial charge on any atom is 0.221 e. The van der Waals surface area contributed by atoms with E-state index in [1.54, 1.807) is 0 Å². The molecule has 0 saturated carbocycles. The molecular weight excluding hydrogens is 310 g/mol. The molecule has 5 nitrogen and oxygen atoms in total. The molecule has 4 atom stereocenters. The predicted octanol–water partition coefficient (Wildman–Crippen LogP) is 1.32. The first-order valence-electron chi connectivity index (χ1n) is 8.03. The van der Waals surface area contributed by atoms with Crippen LogP contribution in [0.1, 0.15) is 12.5 Å². The lowest BCUT2D eigenvalue weighted by molar-refractivity contribution is 0.278. The fourth-order valence-corrected chi connectivity index (χ4v) is 4.32. The van der Waals surface area contributed by atoms with Gasteiger partial charge in [0, 0.05) is 13.1 Å². The van der Waals surface area contributed by atoms with Gasteiger partial charge in [0.1, 0.15) is 0 Å². The number of likely N-dealkylation sites (tertiary alicyclic amines) is 1. The number of benzene rings is 1. The molecule has 1 heterocycles. The average molecular weight is 335 g/mol. The van der Waals surface area contributed by atoms with Crippen LogP contribution in [0.3, 0.4) is 0 Å². The highest BCUT2D eigenvalue weighted by atomic mass is 32.2. The number of nitrogens with one attached hydrogen (secondary N) is 2. The van der Waals surface area contributed by atoms with Crippen LogP contribution in [0, 0.1) is 17.8 Å². The minimum absolute atomic E-state index is 0.0155. The van der Waals surface area contributed by atoms with E-state index >= 15 is 0 Å². The largest absolute Gasteiger partial charge is 0.306 e. The van der Waals surface area contributed by atoms with Gasteiger partial charge in [-0.1, -0.05) is 43.3 Å². The number of fused-ring (bicyclic) bond motifs is 1. The third-order valence-corrected chi connectivity index (χ3v) is 5.47. The molecular formula is C17H25N3O2S. The SMILES string of the molecule is C[C@H]1C=C(c2ccccc2)[C@@H](NNS(C)(=O)=O)[C@H]2CN(C)C[C@H]21. The van der Waals surface area contributed by atoms with Crippen molar-refractivity contribution in [2.45, 2.75) is 13.0 Å². The van der Waals surface area contributed by atoms with Crippen molar-refractivity contribution in [2.24, 2.45) is 17.8 Å². The fraction of sp³-hybridized carbons (Fsp3) is 0.529. The van der Waals surface area contributed by atoms with Gasteiger partial charge in [0.25, 0.3) is 0 Å². The summed E-state index contributed by atoms with van der Waals surface area (Å²) in [6.07, 6.45) is 3.48. The molecule has 6 heteroatoms. The Morgan fingerprint density at radius 3 is 2.43 bits per heavy atom. The summed E-state index contributed by atoms with van der Waals surface area (Å²) in [7, 11) is -1.15. The highest BCUT2D eigenvalue weighted by molar-refractivity contribution is 7.88. The van der Waals surface area contributed by atoms with Gasteiger partial charge < -0.3 is 4.90 Å². The first-order valence-corrected chi connectivity index (χ1v) is 9.92. The molecule has 3 rings (SSSR count). The quantitative estimate of drug-likeness (QED) is 0.815. The van der Waals surface area contributed by atoms with E-state index in [0.29, 0.717) is 17.8 Å². The van der Waals surface area contributed by atoms with Gasteiger partial charge in [-0.05, 0) is 35.9 Å². The van der Waals surface area contributed by atoms with Crippen LogP contribution in [0.25, 0.3) is 5.57 Å². The van der Waals surface area contributed by atoms with Gasteiger partial charge in [-0.3, -0.25) is 0 Å². The second-order valence-electron chi connectivity index (χ2n) is 6.89. The molecule has 1 fully saturated rings. The lowest BCUT2D eigenvalue weighted by atomic mass is 9.71. The lowest BCUT2D eigenvalue weighted by Gasteiger charge is -2.38. The Bertz CT molecular complexity index is 687. The number of nitrogens with zero attached hydrogens (tertiary/aromatic N) is 1. The van der Waals surface area contributed by atoms with Gasteiger partial charge in [0.15, 0.2) is 0 Å². The number of allylic oxidation sites excluding steroid dienone is 1. The van der Waals surface area contributed by atoms with Crippen molar-refractivity contribution >= 4 is 15.6 Å². The number of hydrazine groups is 1. The minimum atomic E-state index is -3.29. The Morgan fingerprint density at radius 2 is 1.78 bits per heavy atom. The first-order chi connectivity index (χ1) is 10.8. The molecule has 0 aromatic heterocycles. The zero-order chi connectivity index (χ0) is 16.6. The monoisotopic (exact) mass is 335 g/mol. The van der Waals surface area contributed by atoms with Crippen molar-refractivity contribution in [3.8, 4) is 0 Å². The molecule has 1 aromatic rings. The minimum Gasteiger partial charge on any atom is -0.306 e. The van der Waals surface area contributed by atoms with Crippen LogP contribution in [0.2, 0.25) is 0 Å². The van der Waals surface area contributed by atoms with Crippen molar-refractivity contribution in [1.29, 1.82) is 0 Å². The molecule has 0 radical (unpaired) electrons. The van der Waals surface area contributed by atoms with Crippen molar-refractivity contribution < 1.29 is 8.42 Å². The number of sulfonamides is 1. The van der Waals surface area contributed by atoms with E-state index in [2.05, 4.69) is 47.3 Å². The molecule has 2 aliphatic rings. The summed E-state index contributed by atoms with van der Waals surface area (Å²) in [5.41, 5.74) is 5.43. The van der Waals surface area contributed by atoms with Crippen molar-refractivity contribution in [3.63, 3.8) is 0 Å². The third kappa shape index (κ3) is 3.66. The van der Waals surface area contributed by atoms with E-state index in [-0.39, 0.29) is 6.04 Å². The van der Waals surface area contributed by atoms with Crippen LogP contribution in [0.4, 0.5) is 0 Å². The molecule has 126 valence electrons. The van der Waals surface area contributed by atoms with Crippen molar-refractivity contribution in [3.05, 3.63) is 42.0 Å². The molecule has 23 heavy (non-hydrogen) atoms. The van der Waals surface area contributed by atoms with Crippen LogP contribution in [-0.2, 0) is 10.0 Å². The van der Waals surface area contributed by atoms with Crippen LogP contribution >= 0.6 is 0 Å². The molecule has 0 amide bonds. The Balaban J connectivity index is 1.95. The normalized spacial score (nSPS) is 31.7. The van der Waals surface area contributed by atoms with Gasteiger partial charge in [-0.15, -0.1) is 0 Å². The second-order valence-corrected chi connectivity index (χ2v) is 8.64. The van der Waals surface area contributed by atoms with E-state index < -0.39 is 10.0 Å². The van der Waals surface area contributed by atoms with E-state index in [0.717, 1.165) is 18.7 Å². The lowest BCUT2D eigenvalue weighted by Crippen LogP contribution is -2.51. The van der Waals surface area contributed by atoms with E-state index in [9.17, 15) is 8.42 Å². The van der Waals surface area contributed by atoms with E-state index in [4.69, 9.17) is 0 Å². The molecule has 1 aliphatic heterocycles. The molecule has 0 bridgehead atoms. The summed E-state index contributed by atoms with van der Waals surface area (Å²) in [4.78, 5) is 4.83. The summed E-state index contributed by atoms with van der Waals surface area (Å²) in [6, 6.07) is 10.2. The van der Waals surface area contributed by atoms with Crippen molar-refractivity contribution in [1.82, 2.24) is 15.2 Å². The zero-order valence-corrected chi connectivity index (χ0v) is 14.7. The standard InChI is InChI=1S/C17H25N3O2S/c1-12-9-14(13-7-5-4-6-8-13)17(18-19-23(3,21)22)16-11-20(2)10-15(12)16/h4-9,12,15-19H,10-11H2,1-3H3/t12-,15-,16-,17+/m0/s1. The summed E-state index contributed by atoms with van der Waals surface area (Å²) < 4.78 is 23.1. The number of hydrogen-bond donors (Lipinski definition) is 2. The fourth-order valence-electron chi connectivity index (χ4n) is 3.98. The van der Waals surface area contributed by atoms with Crippen LogP contribution in [0.5, 0.6) is 0 Å². The smallest absolute Gasteiger partial charge is 0.221 e. The maximum absolute atomic E-state index is 11.5. The molecule has 1 aliphatic carbocycles. The van der Waals surface area contributed by atoms with E-state index in [1.165, 1.54) is 11.8 Å². The predicted molar refractivity (Wildman–Crippen MR) is 93.0 cm³/mol. The van der Waals surface area contributed by atoms with Crippen molar-refractivity contribution in [2.75, 3.05) is 26.4 Å². The maximum atomic E-state index is 11.5. The second kappa shape index (κ2) is 6.36. The number of rotatable bonds is 4. The summed E-state index contributed by atoms with van der Waals surface area (Å²) in [5.74, 6) is 1.42. The highest BCUT2D eigenvalue weighted by Crippen LogP contribution is 2.41. The molecule has 1 saturated heterocycles. The summed E-state index contributed by atoms with van der Waals surface area (Å²) in [6.45, 7) is 4.30. The van der Waals surface area contributed by atoms with Gasteiger partial charge in [-0.25, -0.2) is 13.8 Å². The van der Waals surface area contributed by atoms with E-state index in [1.807, 2.05) is 18.2 Å². The van der Waals surface area contributed by atoms with Crippen LogP contribution < -0.4 is 10.3 Å². The highest BCUT2D eigenvalue weighted by Gasteiger charge is 2.43. The van der Waals surface area contributed by atoms with Gasteiger partial charge in [0.05, 0.1) is 12.3 Å². The molecule has 1 aromatic carbocycles. The Hall–Kier alpha value is -1.21. The Kier molecular flexibility index (Phi) is 4.60. The van der Waals surface area contributed by atoms with Gasteiger partial charge >= 0.3 is 0 Å². The molecule has 0 unspecified atom stereocenters.